The van der Waals surface area contributed by atoms with Crippen molar-refractivity contribution < 1.29 is 9.47 Å². The van der Waals surface area contributed by atoms with Gasteiger partial charge in [-0.25, -0.2) is 4.98 Å². The van der Waals surface area contributed by atoms with Crippen molar-refractivity contribution in [2.45, 2.75) is 33.2 Å². The fourth-order valence-electron chi connectivity index (χ4n) is 2.24. The van der Waals surface area contributed by atoms with Crippen LogP contribution in [0.1, 0.15) is 30.8 Å². The van der Waals surface area contributed by atoms with Gasteiger partial charge in [-0.3, -0.25) is 0 Å². The van der Waals surface area contributed by atoms with E-state index in [-0.39, 0.29) is 6.79 Å². The largest absolute Gasteiger partial charge is 0.454 e. The fourth-order valence-corrected chi connectivity index (χ4v) is 2.24. The molecule has 0 bridgehead atoms. The summed E-state index contributed by atoms with van der Waals surface area (Å²) in [5.41, 5.74) is 3.05. The average Bonchev–Trinajstić information content (AvgIpc) is 3.00. The van der Waals surface area contributed by atoms with Gasteiger partial charge < -0.3 is 14.8 Å². The van der Waals surface area contributed by atoms with Gasteiger partial charge in [0.1, 0.15) is 0 Å². The first kappa shape index (κ1) is 13.6. The molecule has 1 aromatic carbocycles. The van der Waals surface area contributed by atoms with E-state index in [1.165, 1.54) is 0 Å². The van der Waals surface area contributed by atoms with Crippen LogP contribution in [0.3, 0.4) is 0 Å². The number of anilines is 1. The van der Waals surface area contributed by atoms with E-state index in [9.17, 15) is 0 Å². The number of hydrogen-bond acceptors (Lipinski definition) is 6. The van der Waals surface area contributed by atoms with E-state index < -0.39 is 0 Å². The van der Waals surface area contributed by atoms with E-state index in [0.29, 0.717) is 12.5 Å². The first-order chi connectivity index (χ1) is 10.3. The summed E-state index contributed by atoms with van der Waals surface area (Å²) >= 11 is 0. The molecule has 2 heterocycles. The highest BCUT2D eigenvalue weighted by molar-refractivity contribution is 5.45. The Kier molecular flexibility index (Phi) is 3.85. The molecule has 0 unspecified atom stereocenters. The molecule has 1 aromatic heterocycles. The fraction of sp³-hybridized carbons (Fsp3) is 0.400. The zero-order valence-electron chi connectivity index (χ0n) is 12.2. The minimum absolute atomic E-state index is 0.289. The summed E-state index contributed by atoms with van der Waals surface area (Å²) in [5.74, 6) is 2.13. The van der Waals surface area contributed by atoms with Crippen molar-refractivity contribution >= 4 is 5.95 Å². The van der Waals surface area contributed by atoms with Crippen LogP contribution in [0.4, 0.5) is 5.95 Å². The first-order valence-corrected chi connectivity index (χ1v) is 7.15. The number of benzene rings is 1. The van der Waals surface area contributed by atoms with Crippen LogP contribution in [-0.2, 0) is 19.4 Å². The predicted octanol–water partition coefficient (Wildman–Crippen LogP) is 2.34. The molecule has 0 saturated heterocycles. The van der Waals surface area contributed by atoms with Crippen LogP contribution < -0.4 is 14.8 Å². The SMILES string of the molecule is CCc1nnc(NCc2ccc3c(c2)OCO3)nc1CC. The van der Waals surface area contributed by atoms with E-state index in [4.69, 9.17) is 9.47 Å². The minimum atomic E-state index is 0.289. The molecule has 0 amide bonds. The second-order valence-electron chi connectivity index (χ2n) is 4.78. The second-order valence-corrected chi connectivity index (χ2v) is 4.78. The standard InChI is InChI=1S/C15H18N4O2/c1-3-11-12(4-2)18-19-15(17-11)16-8-10-5-6-13-14(7-10)21-9-20-13/h5-7H,3-4,8-9H2,1-2H3,(H,16,17,19). The van der Waals surface area contributed by atoms with Gasteiger partial charge in [0.25, 0.3) is 0 Å². The zero-order valence-corrected chi connectivity index (χ0v) is 12.2. The van der Waals surface area contributed by atoms with Crippen molar-refractivity contribution in [3.05, 3.63) is 35.2 Å². The molecule has 0 atom stereocenters. The Balaban J connectivity index is 1.70. The van der Waals surface area contributed by atoms with Crippen LogP contribution in [-0.4, -0.2) is 22.0 Å². The molecule has 1 aliphatic heterocycles. The molecule has 1 N–H and O–H groups in total. The topological polar surface area (TPSA) is 69.2 Å². The van der Waals surface area contributed by atoms with E-state index in [1.54, 1.807) is 0 Å². The van der Waals surface area contributed by atoms with Crippen molar-refractivity contribution in [1.82, 2.24) is 15.2 Å². The normalized spacial score (nSPS) is 12.5. The summed E-state index contributed by atoms with van der Waals surface area (Å²) in [4.78, 5) is 4.51. The van der Waals surface area contributed by atoms with Gasteiger partial charge in [-0.2, -0.15) is 5.10 Å². The average molecular weight is 286 g/mol. The lowest BCUT2D eigenvalue weighted by Crippen LogP contribution is -2.09. The first-order valence-electron chi connectivity index (χ1n) is 7.15. The maximum absolute atomic E-state index is 5.36. The number of nitrogens with zero attached hydrogens (tertiary/aromatic N) is 3. The van der Waals surface area contributed by atoms with Gasteiger partial charge in [0.2, 0.25) is 12.7 Å². The summed E-state index contributed by atoms with van der Waals surface area (Å²) in [6.07, 6.45) is 1.71. The summed E-state index contributed by atoms with van der Waals surface area (Å²) in [6, 6.07) is 5.87. The van der Waals surface area contributed by atoms with Gasteiger partial charge in [-0.15, -0.1) is 5.10 Å². The minimum Gasteiger partial charge on any atom is -0.454 e. The Hall–Kier alpha value is -2.37. The lowest BCUT2D eigenvalue weighted by atomic mass is 10.2. The van der Waals surface area contributed by atoms with Gasteiger partial charge in [0.15, 0.2) is 11.5 Å². The van der Waals surface area contributed by atoms with Gasteiger partial charge in [0, 0.05) is 6.54 Å². The smallest absolute Gasteiger partial charge is 0.243 e. The monoisotopic (exact) mass is 286 g/mol. The second kappa shape index (κ2) is 5.95. The van der Waals surface area contributed by atoms with Crippen molar-refractivity contribution in [3.63, 3.8) is 0 Å². The summed E-state index contributed by atoms with van der Waals surface area (Å²) in [6.45, 7) is 5.04. The third-order valence-electron chi connectivity index (χ3n) is 3.40. The Labute approximate surface area is 123 Å². The lowest BCUT2D eigenvalue weighted by molar-refractivity contribution is 0.174. The molecule has 21 heavy (non-hydrogen) atoms. The predicted molar refractivity (Wildman–Crippen MR) is 78.5 cm³/mol. The molecule has 0 fully saturated rings. The molecule has 1 aliphatic rings. The van der Waals surface area contributed by atoms with Gasteiger partial charge in [-0.05, 0) is 30.5 Å². The van der Waals surface area contributed by atoms with Crippen LogP contribution in [0, 0.1) is 0 Å². The van der Waals surface area contributed by atoms with E-state index >= 15 is 0 Å². The molecule has 0 aliphatic carbocycles. The molecular formula is C15H18N4O2. The summed E-state index contributed by atoms with van der Waals surface area (Å²) in [5, 5.41) is 11.5. The van der Waals surface area contributed by atoms with Crippen LogP contribution in [0.2, 0.25) is 0 Å². The molecular weight excluding hydrogens is 268 g/mol. The van der Waals surface area contributed by atoms with E-state index in [0.717, 1.165) is 41.3 Å². The van der Waals surface area contributed by atoms with Gasteiger partial charge >= 0.3 is 0 Å². The van der Waals surface area contributed by atoms with Crippen molar-refractivity contribution in [1.29, 1.82) is 0 Å². The van der Waals surface area contributed by atoms with Crippen LogP contribution in [0.5, 0.6) is 11.5 Å². The van der Waals surface area contributed by atoms with Crippen molar-refractivity contribution in [2.75, 3.05) is 12.1 Å². The number of ether oxygens (including phenoxy) is 2. The van der Waals surface area contributed by atoms with E-state index in [2.05, 4.69) is 34.3 Å². The highest BCUT2D eigenvalue weighted by Gasteiger charge is 2.13. The van der Waals surface area contributed by atoms with Crippen LogP contribution in [0.25, 0.3) is 0 Å². The molecule has 6 nitrogen and oxygen atoms in total. The third-order valence-corrected chi connectivity index (χ3v) is 3.40. The van der Waals surface area contributed by atoms with E-state index in [1.807, 2.05) is 18.2 Å². The molecule has 110 valence electrons. The molecule has 0 spiro atoms. The lowest BCUT2D eigenvalue weighted by Gasteiger charge is -2.08. The highest BCUT2D eigenvalue weighted by Crippen LogP contribution is 2.32. The molecule has 2 aromatic rings. The summed E-state index contributed by atoms with van der Waals surface area (Å²) < 4.78 is 10.7. The van der Waals surface area contributed by atoms with Crippen LogP contribution in [0.15, 0.2) is 18.2 Å². The Morgan fingerprint density at radius 3 is 2.67 bits per heavy atom. The number of rotatable bonds is 5. The molecule has 0 radical (unpaired) electrons. The van der Waals surface area contributed by atoms with Gasteiger partial charge in [0.05, 0.1) is 11.4 Å². The molecule has 6 heteroatoms. The third kappa shape index (κ3) is 2.89. The van der Waals surface area contributed by atoms with Crippen molar-refractivity contribution in [2.24, 2.45) is 0 Å². The molecule has 0 saturated carbocycles. The maximum atomic E-state index is 5.36. The number of fused-ring (bicyclic) bond motifs is 1. The number of aryl methyl sites for hydroxylation is 2. The number of aromatic nitrogens is 3. The Bertz CT molecular complexity index is 646. The number of hydrogen-bond donors (Lipinski definition) is 1. The van der Waals surface area contributed by atoms with Crippen molar-refractivity contribution in [3.8, 4) is 11.5 Å². The van der Waals surface area contributed by atoms with Gasteiger partial charge in [-0.1, -0.05) is 19.9 Å². The Morgan fingerprint density at radius 1 is 1.05 bits per heavy atom. The zero-order chi connectivity index (χ0) is 14.7. The highest BCUT2D eigenvalue weighted by atomic mass is 16.7. The quantitative estimate of drug-likeness (QED) is 0.909. The molecule has 3 rings (SSSR count). The number of nitrogens with one attached hydrogen (secondary N) is 1. The summed E-state index contributed by atoms with van der Waals surface area (Å²) in [7, 11) is 0. The maximum Gasteiger partial charge on any atom is 0.243 e. The Morgan fingerprint density at radius 2 is 1.86 bits per heavy atom. The van der Waals surface area contributed by atoms with Crippen LogP contribution >= 0.6 is 0 Å².